The van der Waals surface area contributed by atoms with Crippen LogP contribution in [0.2, 0.25) is 5.02 Å². The molecule has 0 spiro atoms. The van der Waals surface area contributed by atoms with Gasteiger partial charge in [0.05, 0.1) is 10.6 Å². The van der Waals surface area contributed by atoms with E-state index in [1.807, 2.05) is 0 Å². The fourth-order valence-corrected chi connectivity index (χ4v) is 3.04. The largest absolute Gasteiger partial charge is 0.389 e. The van der Waals surface area contributed by atoms with Crippen LogP contribution >= 0.6 is 11.6 Å². The maximum absolute atomic E-state index is 13.5. The first kappa shape index (κ1) is 15.7. The highest BCUT2D eigenvalue weighted by Crippen LogP contribution is 2.28. The Labute approximate surface area is 125 Å². The summed E-state index contributed by atoms with van der Waals surface area (Å²) in [5.74, 6) is -0.412. The molecule has 0 radical (unpaired) electrons. The normalized spacial score (nSPS) is 24.9. The lowest BCUT2D eigenvalue weighted by Crippen LogP contribution is -2.35. The van der Waals surface area contributed by atoms with Crippen LogP contribution in [0, 0.1) is 5.82 Å². The Hall–Kier alpha value is -0.640. The zero-order valence-corrected chi connectivity index (χ0v) is 13.0. The van der Waals surface area contributed by atoms with Crippen molar-refractivity contribution in [3.05, 3.63) is 34.6 Å². The predicted molar refractivity (Wildman–Crippen MR) is 80.6 cm³/mol. The van der Waals surface area contributed by atoms with E-state index in [9.17, 15) is 9.50 Å². The quantitative estimate of drug-likeness (QED) is 0.921. The topological polar surface area (TPSA) is 23.5 Å². The molecule has 4 heteroatoms. The molecule has 0 amide bonds. The van der Waals surface area contributed by atoms with Crippen LogP contribution in [0.3, 0.4) is 0 Å². The summed E-state index contributed by atoms with van der Waals surface area (Å²) in [5.41, 5.74) is 0.0802. The Morgan fingerprint density at radius 3 is 2.75 bits per heavy atom. The van der Waals surface area contributed by atoms with Gasteiger partial charge in [-0.1, -0.05) is 17.7 Å². The van der Waals surface area contributed by atoms with Gasteiger partial charge < -0.3 is 10.0 Å². The Morgan fingerprint density at radius 1 is 1.35 bits per heavy atom. The van der Waals surface area contributed by atoms with Crippen molar-refractivity contribution in [1.29, 1.82) is 0 Å². The second-order valence-electron chi connectivity index (χ2n) is 6.13. The van der Waals surface area contributed by atoms with Crippen molar-refractivity contribution >= 4 is 11.6 Å². The summed E-state index contributed by atoms with van der Waals surface area (Å²) in [4.78, 5) is 2.39. The highest BCUT2D eigenvalue weighted by Gasteiger charge is 2.31. The van der Waals surface area contributed by atoms with Crippen molar-refractivity contribution in [3.63, 3.8) is 0 Å². The minimum absolute atomic E-state index is 0.132. The van der Waals surface area contributed by atoms with E-state index in [1.165, 1.54) is 6.07 Å². The molecule has 1 atom stereocenters. The van der Waals surface area contributed by atoms with E-state index in [0.717, 1.165) is 37.9 Å². The van der Waals surface area contributed by atoms with Crippen LogP contribution in [0.4, 0.5) is 4.39 Å². The molecule has 1 aromatic rings. The van der Waals surface area contributed by atoms with Crippen LogP contribution in [0.15, 0.2) is 18.2 Å². The number of rotatable bonds is 3. The van der Waals surface area contributed by atoms with Crippen LogP contribution in [0.5, 0.6) is 0 Å². The van der Waals surface area contributed by atoms with Crippen LogP contribution in [0.1, 0.15) is 38.7 Å². The molecule has 1 aliphatic heterocycles. The molecule has 1 saturated heterocycles. The van der Waals surface area contributed by atoms with Crippen molar-refractivity contribution in [2.45, 2.75) is 51.2 Å². The van der Waals surface area contributed by atoms with Gasteiger partial charge in [-0.05, 0) is 57.4 Å². The molecule has 2 nitrogen and oxygen atoms in total. The molecule has 1 heterocycles. The number of nitrogens with zero attached hydrogens (tertiary/aromatic N) is 1. The van der Waals surface area contributed by atoms with E-state index in [0.29, 0.717) is 12.5 Å². The average molecular weight is 300 g/mol. The smallest absolute Gasteiger partial charge is 0.142 e. The summed E-state index contributed by atoms with van der Waals surface area (Å²) in [6.45, 7) is 6.27. The van der Waals surface area contributed by atoms with Gasteiger partial charge in [-0.3, -0.25) is 0 Å². The molecule has 1 N–H and O–H groups in total. The molecule has 1 aliphatic rings. The Kier molecular flexibility index (Phi) is 5.05. The zero-order valence-electron chi connectivity index (χ0n) is 12.2. The third kappa shape index (κ3) is 3.94. The van der Waals surface area contributed by atoms with E-state index >= 15 is 0 Å². The van der Waals surface area contributed by atoms with Crippen molar-refractivity contribution < 1.29 is 9.50 Å². The molecule has 1 unspecified atom stereocenters. The Bertz CT molecular complexity index is 466. The average Bonchev–Trinajstić information content (AvgIpc) is 2.56. The molecule has 1 aromatic carbocycles. The summed E-state index contributed by atoms with van der Waals surface area (Å²) in [7, 11) is 0. The summed E-state index contributed by atoms with van der Waals surface area (Å²) in [6.07, 6.45) is 2.97. The SMILES string of the molecule is CC(C)N1CCCC(O)(Cc2ccc(Cl)c(F)c2)CC1. The van der Waals surface area contributed by atoms with Gasteiger partial charge in [-0.2, -0.15) is 0 Å². The first-order valence-corrected chi connectivity index (χ1v) is 7.68. The van der Waals surface area contributed by atoms with E-state index in [4.69, 9.17) is 11.6 Å². The van der Waals surface area contributed by atoms with Crippen LogP contribution in [-0.4, -0.2) is 34.7 Å². The fraction of sp³-hybridized carbons (Fsp3) is 0.625. The number of hydrogen-bond acceptors (Lipinski definition) is 2. The van der Waals surface area contributed by atoms with Gasteiger partial charge in [0, 0.05) is 19.0 Å². The summed E-state index contributed by atoms with van der Waals surface area (Å²) >= 11 is 5.69. The van der Waals surface area contributed by atoms with Gasteiger partial charge in [0.25, 0.3) is 0 Å². The molecule has 1 fully saturated rings. The number of halogens is 2. The second kappa shape index (κ2) is 6.42. The Balaban J connectivity index is 2.05. The molecular formula is C16H23ClFNO. The van der Waals surface area contributed by atoms with Crippen molar-refractivity contribution in [3.8, 4) is 0 Å². The van der Waals surface area contributed by atoms with Gasteiger partial charge >= 0.3 is 0 Å². The van der Waals surface area contributed by atoms with Crippen LogP contribution < -0.4 is 0 Å². The molecule has 0 aromatic heterocycles. The Morgan fingerprint density at radius 2 is 2.10 bits per heavy atom. The molecule has 0 bridgehead atoms. The second-order valence-corrected chi connectivity index (χ2v) is 6.54. The minimum Gasteiger partial charge on any atom is -0.389 e. The number of likely N-dealkylation sites (tertiary alicyclic amines) is 1. The van der Waals surface area contributed by atoms with E-state index < -0.39 is 11.4 Å². The highest BCUT2D eigenvalue weighted by molar-refractivity contribution is 6.30. The molecule has 2 rings (SSSR count). The van der Waals surface area contributed by atoms with Crippen molar-refractivity contribution in [2.24, 2.45) is 0 Å². The van der Waals surface area contributed by atoms with Crippen LogP contribution in [-0.2, 0) is 6.42 Å². The minimum atomic E-state index is -0.732. The molecular weight excluding hydrogens is 277 g/mol. The maximum Gasteiger partial charge on any atom is 0.142 e. The van der Waals surface area contributed by atoms with Gasteiger partial charge in [0.1, 0.15) is 5.82 Å². The molecule has 0 aliphatic carbocycles. The fourth-order valence-electron chi connectivity index (χ4n) is 2.92. The monoisotopic (exact) mass is 299 g/mol. The lowest BCUT2D eigenvalue weighted by Gasteiger charge is -2.28. The van der Waals surface area contributed by atoms with Crippen LogP contribution in [0.25, 0.3) is 0 Å². The summed E-state index contributed by atoms with van der Waals surface area (Å²) < 4.78 is 13.5. The molecule has 20 heavy (non-hydrogen) atoms. The van der Waals surface area contributed by atoms with E-state index in [1.54, 1.807) is 12.1 Å². The highest BCUT2D eigenvalue weighted by atomic mass is 35.5. The number of aliphatic hydroxyl groups is 1. The van der Waals surface area contributed by atoms with E-state index in [2.05, 4.69) is 18.7 Å². The number of hydrogen-bond donors (Lipinski definition) is 1. The lowest BCUT2D eigenvalue weighted by atomic mass is 9.88. The first-order chi connectivity index (χ1) is 9.39. The zero-order chi connectivity index (χ0) is 14.8. The van der Waals surface area contributed by atoms with Gasteiger partial charge in [-0.25, -0.2) is 4.39 Å². The van der Waals surface area contributed by atoms with Crippen molar-refractivity contribution in [1.82, 2.24) is 4.90 Å². The van der Waals surface area contributed by atoms with E-state index in [-0.39, 0.29) is 5.02 Å². The molecule has 112 valence electrons. The van der Waals surface area contributed by atoms with Gasteiger partial charge in [-0.15, -0.1) is 0 Å². The summed E-state index contributed by atoms with van der Waals surface area (Å²) in [5, 5.41) is 10.9. The maximum atomic E-state index is 13.5. The third-order valence-corrected chi connectivity index (χ3v) is 4.51. The number of benzene rings is 1. The van der Waals surface area contributed by atoms with Crippen molar-refractivity contribution in [2.75, 3.05) is 13.1 Å². The standard InChI is InChI=1S/C16H23ClFNO/c1-12(2)19-8-3-6-16(20,7-9-19)11-13-4-5-14(17)15(18)10-13/h4-5,10,12,20H,3,6-9,11H2,1-2H3. The lowest BCUT2D eigenvalue weighted by molar-refractivity contribution is 0.0248. The third-order valence-electron chi connectivity index (χ3n) is 4.20. The predicted octanol–water partition coefficient (Wildman–Crippen LogP) is 3.65. The first-order valence-electron chi connectivity index (χ1n) is 7.30. The van der Waals surface area contributed by atoms with Gasteiger partial charge in [0.15, 0.2) is 0 Å². The van der Waals surface area contributed by atoms with Gasteiger partial charge in [0.2, 0.25) is 0 Å². The summed E-state index contributed by atoms with van der Waals surface area (Å²) in [6, 6.07) is 5.30. The molecule has 0 saturated carbocycles.